The number of ether oxygens (including phenoxy) is 1. The molecule has 25 heavy (non-hydrogen) atoms. The zero-order valence-corrected chi connectivity index (χ0v) is 14.6. The zero-order chi connectivity index (χ0) is 17.4. The second kappa shape index (κ2) is 6.75. The van der Waals surface area contributed by atoms with E-state index in [0.29, 0.717) is 5.92 Å². The molecule has 1 atom stereocenters. The first-order valence-corrected chi connectivity index (χ1v) is 8.66. The summed E-state index contributed by atoms with van der Waals surface area (Å²) in [4.78, 5) is 8.43. The van der Waals surface area contributed by atoms with Gasteiger partial charge in [-0.25, -0.2) is 14.4 Å². The molecule has 4 nitrogen and oxygen atoms in total. The summed E-state index contributed by atoms with van der Waals surface area (Å²) >= 11 is 11.7. The quantitative estimate of drug-likeness (QED) is 0.656. The second-order valence-electron chi connectivity index (χ2n) is 5.92. The third-order valence-electron chi connectivity index (χ3n) is 4.36. The highest BCUT2D eigenvalue weighted by molar-refractivity contribution is 6.42. The van der Waals surface area contributed by atoms with Gasteiger partial charge in [-0.15, -0.1) is 0 Å². The monoisotopic (exact) mass is 377 g/mol. The van der Waals surface area contributed by atoms with Crippen LogP contribution in [0.4, 0.5) is 4.39 Å². The summed E-state index contributed by atoms with van der Waals surface area (Å²) < 4.78 is 20.0. The largest absolute Gasteiger partial charge is 0.435 e. The van der Waals surface area contributed by atoms with E-state index < -0.39 is 5.82 Å². The van der Waals surface area contributed by atoms with Crippen LogP contribution in [0.3, 0.4) is 0 Å². The van der Waals surface area contributed by atoms with E-state index in [2.05, 4.69) is 21.4 Å². The molecule has 128 valence electrons. The van der Waals surface area contributed by atoms with E-state index in [4.69, 9.17) is 27.9 Å². The number of nitrogens with zero attached hydrogens (tertiary/aromatic N) is 2. The smallest absolute Gasteiger partial charge is 0.230 e. The molecule has 0 spiro atoms. The molecule has 0 amide bonds. The molecule has 7 heteroatoms. The van der Waals surface area contributed by atoms with Gasteiger partial charge in [-0.05, 0) is 48.7 Å². The highest BCUT2D eigenvalue weighted by atomic mass is 35.5. The molecular formula is C18H14Cl2FN3O. The molecule has 4 rings (SSSR count). The fourth-order valence-corrected chi connectivity index (χ4v) is 3.32. The van der Waals surface area contributed by atoms with Crippen molar-refractivity contribution in [2.24, 2.45) is 0 Å². The predicted octanol–water partition coefficient (Wildman–Crippen LogP) is 4.94. The first kappa shape index (κ1) is 16.5. The minimum absolute atomic E-state index is 0.0256. The van der Waals surface area contributed by atoms with Crippen LogP contribution >= 0.6 is 23.2 Å². The van der Waals surface area contributed by atoms with Gasteiger partial charge in [0.25, 0.3) is 0 Å². The van der Waals surface area contributed by atoms with E-state index in [9.17, 15) is 4.39 Å². The van der Waals surface area contributed by atoms with E-state index in [1.165, 1.54) is 24.0 Å². The molecule has 1 aliphatic rings. The molecule has 0 unspecified atom stereocenters. The lowest BCUT2D eigenvalue weighted by Gasteiger charge is -2.12. The van der Waals surface area contributed by atoms with Crippen LogP contribution in [0.2, 0.25) is 10.0 Å². The van der Waals surface area contributed by atoms with Crippen molar-refractivity contribution in [1.29, 1.82) is 0 Å². The fraction of sp³-hybridized carbons (Fsp3) is 0.222. The molecule has 1 aliphatic heterocycles. The molecule has 0 saturated carbocycles. The van der Waals surface area contributed by atoms with Crippen molar-refractivity contribution in [2.45, 2.75) is 12.3 Å². The topological polar surface area (TPSA) is 47.0 Å². The number of aromatic nitrogens is 2. The van der Waals surface area contributed by atoms with Crippen molar-refractivity contribution >= 4 is 34.1 Å². The van der Waals surface area contributed by atoms with Gasteiger partial charge in [0.05, 0.1) is 20.9 Å². The maximum Gasteiger partial charge on any atom is 0.230 e. The number of hydrogen-bond donors (Lipinski definition) is 1. The summed E-state index contributed by atoms with van der Waals surface area (Å²) in [6.45, 7) is 1.95. The van der Waals surface area contributed by atoms with Crippen LogP contribution in [0.15, 0.2) is 36.7 Å². The van der Waals surface area contributed by atoms with Crippen molar-refractivity contribution in [3.63, 3.8) is 0 Å². The molecule has 1 aromatic heterocycles. The molecule has 2 aromatic carbocycles. The normalized spacial score (nSPS) is 17.2. The summed E-state index contributed by atoms with van der Waals surface area (Å²) in [6.07, 6.45) is 2.47. The SMILES string of the molecule is Fc1c(Oc2ncnc3ccc([C@H]4CCNC4)cc23)ccc(Cl)c1Cl. The number of benzene rings is 2. The first-order chi connectivity index (χ1) is 12.1. The second-order valence-corrected chi connectivity index (χ2v) is 6.71. The molecule has 1 saturated heterocycles. The van der Waals surface area contributed by atoms with Gasteiger partial charge in [-0.3, -0.25) is 0 Å². The highest BCUT2D eigenvalue weighted by Crippen LogP contribution is 2.35. The predicted molar refractivity (Wildman–Crippen MR) is 96.3 cm³/mol. The number of nitrogens with one attached hydrogen (secondary N) is 1. The summed E-state index contributed by atoms with van der Waals surface area (Å²) in [5, 5.41) is 4.05. The number of hydrogen-bond acceptors (Lipinski definition) is 4. The molecule has 0 aliphatic carbocycles. The van der Waals surface area contributed by atoms with E-state index in [-0.39, 0.29) is 21.7 Å². The molecule has 0 radical (unpaired) electrons. The third-order valence-corrected chi connectivity index (χ3v) is 5.14. The van der Waals surface area contributed by atoms with Gasteiger partial charge in [0.1, 0.15) is 6.33 Å². The van der Waals surface area contributed by atoms with Crippen LogP contribution in [-0.4, -0.2) is 23.1 Å². The van der Waals surface area contributed by atoms with Crippen LogP contribution < -0.4 is 10.1 Å². The molecule has 0 bridgehead atoms. The van der Waals surface area contributed by atoms with E-state index >= 15 is 0 Å². The summed E-state index contributed by atoms with van der Waals surface area (Å²) in [6, 6.07) is 8.93. The Labute approximate surface area is 153 Å². The molecular weight excluding hydrogens is 364 g/mol. The highest BCUT2D eigenvalue weighted by Gasteiger charge is 2.19. The Morgan fingerprint density at radius 2 is 2.04 bits per heavy atom. The van der Waals surface area contributed by atoms with Gasteiger partial charge in [0.15, 0.2) is 11.6 Å². The summed E-state index contributed by atoms with van der Waals surface area (Å²) in [7, 11) is 0. The van der Waals surface area contributed by atoms with Gasteiger partial charge in [-0.2, -0.15) is 0 Å². The van der Waals surface area contributed by atoms with Crippen molar-refractivity contribution < 1.29 is 9.13 Å². The Hall–Kier alpha value is -1.95. The van der Waals surface area contributed by atoms with E-state index in [1.807, 2.05) is 12.1 Å². The maximum atomic E-state index is 14.3. The standard InChI is InChI=1S/C18H14Cl2FN3O/c19-13-2-4-15(17(21)16(13)20)25-18-12-7-10(11-5-6-22-8-11)1-3-14(12)23-9-24-18/h1-4,7,9,11,22H,5-6,8H2/t11-/m0/s1. The van der Waals surface area contributed by atoms with Gasteiger partial charge < -0.3 is 10.1 Å². The molecule has 2 heterocycles. The third kappa shape index (κ3) is 3.15. The molecule has 3 aromatic rings. The van der Waals surface area contributed by atoms with Crippen molar-refractivity contribution in [2.75, 3.05) is 13.1 Å². The Morgan fingerprint density at radius 1 is 1.16 bits per heavy atom. The summed E-state index contributed by atoms with van der Waals surface area (Å²) in [5.41, 5.74) is 1.92. The summed E-state index contributed by atoms with van der Waals surface area (Å²) in [5.74, 6) is -0.00586. The molecule has 1 fully saturated rings. The first-order valence-electron chi connectivity index (χ1n) is 7.90. The van der Waals surface area contributed by atoms with Gasteiger partial charge in [0, 0.05) is 6.54 Å². The van der Waals surface area contributed by atoms with Crippen molar-refractivity contribution in [3.05, 3.63) is 58.1 Å². The van der Waals surface area contributed by atoms with E-state index in [0.717, 1.165) is 30.4 Å². The van der Waals surface area contributed by atoms with Crippen molar-refractivity contribution in [3.8, 4) is 11.6 Å². The van der Waals surface area contributed by atoms with Crippen LogP contribution in [0.1, 0.15) is 17.9 Å². The average Bonchev–Trinajstić information content (AvgIpc) is 3.17. The number of rotatable bonds is 3. The zero-order valence-electron chi connectivity index (χ0n) is 13.1. The van der Waals surface area contributed by atoms with Crippen LogP contribution in [0.5, 0.6) is 11.6 Å². The Kier molecular flexibility index (Phi) is 4.46. The fourth-order valence-electron chi connectivity index (χ4n) is 3.02. The average molecular weight is 378 g/mol. The lowest BCUT2D eigenvalue weighted by molar-refractivity contribution is 0.432. The van der Waals surface area contributed by atoms with Crippen LogP contribution in [0, 0.1) is 5.82 Å². The van der Waals surface area contributed by atoms with Crippen LogP contribution in [0.25, 0.3) is 10.9 Å². The van der Waals surface area contributed by atoms with E-state index in [1.54, 1.807) is 0 Å². The number of fused-ring (bicyclic) bond motifs is 1. The van der Waals surface area contributed by atoms with Gasteiger partial charge >= 0.3 is 0 Å². The maximum absolute atomic E-state index is 14.3. The minimum Gasteiger partial charge on any atom is -0.435 e. The number of halogens is 3. The van der Waals surface area contributed by atoms with Crippen molar-refractivity contribution in [1.82, 2.24) is 15.3 Å². The minimum atomic E-state index is -0.711. The Bertz CT molecular complexity index is 945. The Balaban J connectivity index is 1.76. The Morgan fingerprint density at radius 3 is 2.84 bits per heavy atom. The lowest BCUT2D eigenvalue weighted by atomic mass is 9.97. The van der Waals surface area contributed by atoms with Crippen LogP contribution in [-0.2, 0) is 0 Å². The molecule has 1 N–H and O–H groups in total. The van der Waals surface area contributed by atoms with Gasteiger partial charge in [0.2, 0.25) is 5.88 Å². The van der Waals surface area contributed by atoms with Gasteiger partial charge in [-0.1, -0.05) is 29.3 Å². The lowest BCUT2D eigenvalue weighted by Crippen LogP contribution is -2.08.